The van der Waals surface area contributed by atoms with Crippen molar-refractivity contribution in [3.8, 4) is 0 Å². The van der Waals surface area contributed by atoms with Gasteiger partial charge in [0.2, 0.25) is 0 Å². The first-order chi connectivity index (χ1) is 7.82. The smallest absolute Gasteiger partial charge is 0.103 e. The van der Waals surface area contributed by atoms with Crippen molar-refractivity contribution < 1.29 is 0 Å². The van der Waals surface area contributed by atoms with Gasteiger partial charge in [-0.2, -0.15) is 0 Å². The highest BCUT2D eigenvalue weighted by Gasteiger charge is 2.15. The monoisotopic (exact) mass is 270 g/mol. The van der Waals surface area contributed by atoms with Gasteiger partial charge in [-0.1, -0.05) is 50.0 Å². The molecule has 2 N–H and O–H groups in total. The van der Waals surface area contributed by atoms with Gasteiger partial charge in [0.1, 0.15) is 5.84 Å². The van der Waals surface area contributed by atoms with Crippen LogP contribution in [-0.4, -0.2) is 5.84 Å². The molecule has 0 aliphatic heterocycles. The third-order valence-electron chi connectivity index (χ3n) is 2.23. The fraction of sp³-hybridized carbons (Fsp3) is 0.308. The highest BCUT2D eigenvalue weighted by molar-refractivity contribution is 6.37. The molecule has 0 saturated carbocycles. The van der Waals surface area contributed by atoms with E-state index in [0.717, 1.165) is 5.56 Å². The zero-order valence-corrected chi connectivity index (χ0v) is 11.7. The maximum Gasteiger partial charge on any atom is 0.103 e. The number of hydrogen-bond acceptors (Lipinski definition) is 1. The second-order valence-electron chi connectivity index (χ2n) is 4.74. The highest BCUT2D eigenvalue weighted by Crippen LogP contribution is 2.25. The summed E-state index contributed by atoms with van der Waals surface area (Å²) >= 11 is 12.0. The van der Waals surface area contributed by atoms with E-state index in [2.05, 4.69) is 5.32 Å². The Balaban J connectivity index is 2.76. The van der Waals surface area contributed by atoms with E-state index in [1.165, 1.54) is 0 Å². The van der Waals surface area contributed by atoms with Gasteiger partial charge in [-0.25, -0.2) is 0 Å². The summed E-state index contributed by atoms with van der Waals surface area (Å²) in [5, 5.41) is 11.9. The average Bonchev–Trinajstić information content (AvgIpc) is 2.20. The number of benzene rings is 1. The fourth-order valence-electron chi connectivity index (χ4n) is 1.09. The molecule has 0 heterocycles. The van der Waals surface area contributed by atoms with Crippen LogP contribution in [-0.2, 0) is 0 Å². The summed E-state index contributed by atoms with van der Waals surface area (Å²) in [5.74, 6) is 0.442. The first-order valence-corrected chi connectivity index (χ1v) is 6.04. The van der Waals surface area contributed by atoms with Crippen LogP contribution in [0.5, 0.6) is 0 Å². The van der Waals surface area contributed by atoms with Crippen molar-refractivity contribution in [1.82, 2.24) is 5.32 Å². The lowest BCUT2D eigenvalue weighted by atomic mass is 9.95. The SMILES string of the molecule is CC(C)(C)C(=N)NC=Cc1c(Cl)cccc1Cl. The minimum Gasteiger partial charge on any atom is -0.350 e. The summed E-state index contributed by atoms with van der Waals surface area (Å²) in [6.07, 6.45) is 3.45. The summed E-state index contributed by atoms with van der Waals surface area (Å²) < 4.78 is 0. The quantitative estimate of drug-likeness (QED) is 0.599. The number of hydrogen-bond donors (Lipinski definition) is 2. The van der Waals surface area contributed by atoms with Crippen molar-refractivity contribution >= 4 is 35.1 Å². The lowest BCUT2D eigenvalue weighted by Gasteiger charge is -2.19. The van der Waals surface area contributed by atoms with Gasteiger partial charge in [0.25, 0.3) is 0 Å². The van der Waals surface area contributed by atoms with Crippen LogP contribution in [0.1, 0.15) is 26.3 Å². The third kappa shape index (κ3) is 4.06. The van der Waals surface area contributed by atoms with Crippen LogP contribution in [0.15, 0.2) is 24.4 Å². The molecule has 0 aliphatic carbocycles. The van der Waals surface area contributed by atoms with Gasteiger partial charge in [0, 0.05) is 27.2 Å². The standard InChI is InChI=1S/C13H16Cl2N2/c1-13(2,3)12(16)17-8-7-9-10(14)5-4-6-11(9)15/h4-8H,1-3H3,(H2,16,17). The fourth-order valence-corrected chi connectivity index (χ4v) is 1.62. The molecule has 1 aromatic rings. The van der Waals surface area contributed by atoms with E-state index in [9.17, 15) is 0 Å². The normalized spacial score (nSPS) is 11.8. The maximum atomic E-state index is 7.78. The Morgan fingerprint density at radius 1 is 1.24 bits per heavy atom. The van der Waals surface area contributed by atoms with E-state index < -0.39 is 0 Å². The molecule has 0 saturated heterocycles. The number of rotatable bonds is 2. The molecule has 0 unspecified atom stereocenters. The van der Waals surface area contributed by atoms with Gasteiger partial charge < -0.3 is 5.32 Å². The highest BCUT2D eigenvalue weighted by atomic mass is 35.5. The van der Waals surface area contributed by atoms with Crippen LogP contribution in [0.3, 0.4) is 0 Å². The molecule has 92 valence electrons. The summed E-state index contributed by atoms with van der Waals surface area (Å²) in [7, 11) is 0. The summed E-state index contributed by atoms with van der Waals surface area (Å²) in [6.45, 7) is 5.91. The van der Waals surface area contributed by atoms with Crippen LogP contribution in [0.4, 0.5) is 0 Å². The number of nitrogens with one attached hydrogen (secondary N) is 2. The van der Waals surface area contributed by atoms with Crippen molar-refractivity contribution in [2.24, 2.45) is 5.41 Å². The van der Waals surface area contributed by atoms with Gasteiger partial charge in [0.05, 0.1) is 0 Å². The lowest BCUT2D eigenvalue weighted by molar-refractivity contribution is 0.571. The van der Waals surface area contributed by atoms with Crippen LogP contribution in [0.2, 0.25) is 10.0 Å². The predicted octanol–water partition coefficient (Wildman–Crippen LogP) is 4.58. The molecule has 17 heavy (non-hydrogen) atoms. The second-order valence-corrected chi connectivity index (χ2v) is 5.55. The molecule has 0 radical (unpaired) electrons. The van der Waals surface area contributed by atoms with Crippen molar-refractivity contribution in [3.63, 3.8) is 0 Å². The van der Waals surface area contributed by atoms with E-state index in [0.29, 0.717) is 15.9 Å². The Morgan fingerprint density at radius 3 is 2.24 bits per heavy atom. The molecule has 0 spiro atoms. The van der Waals surface area contributed by atoms with E-state index >= 15 is 0 Å². The van der Waals surface area contributed by atoms with Crippen LogP contribution >= 0.6 is 23.2 Å². The molecule has 1 aromatic carbocycles. The third-order valence-corrected chi connectivity index (χ3v) is 2.89. The molecule has 2 nitrogen and oxygen atoms in total. The summed E-state index contributed by atoms with van der Waals surface area (Å²) in [4.78, 5) is 0. The zero-order chi connectivity index (χ0) is 13.1. The minimum atomic E-state index is -0.200. The van der Waals surface area contributed by atoms with Gasteiger partial charge in [-0.15, -0.1) is 0 Å². The van der Waals surface area contributed by atoms with E-state index in [-0.39, 0.29) is 5.41 Å². The largest absolute Gasteiger partial charge is 0.350 e. The first-order valence-electron chi connectivity index (χ1n) is 5.28. The second kappa shape index (κ2) is 5.56. The van der Waals surface area contributed by atoms with Gasteiger partial charge >= 0.3 is 0 Å². The first kappa shape index (κ1) is 14.1. The number of halogens is 2. The van der Waals surface area contributed by atoms with Crippen LogP contribution < -0.4 is 5.32 Å². The van der Waals surface area contributed by atoms with E-state index in [1.807, 2.05) is 20.8 Å². The van der Waals surface area contributed by atoms with E-state index in [1.54, 1.807) is 30.5 Å². The Labute approximate surface area is 112 Å². The van der Waals surface area contributed by atoms with E-state index in [4.69, 9.17) is 28.6 Å². The van der Waals surface area contributed by atoms with Crippen molar-refractivity contribution in [1.29, 1.82) is 5.41 Å². The molecule has 0 amide bonds. The predicted molar refractivity (Wildman–Crippen MR) is 75.8 cm³/mol. The molecule has 0 bridgehead atoms. The van der Waals surface area contributed by atoms with Gasteiger partial charge in [-0.3, -0.25) is 5.41 Å². The molecule has 1 rings (SSSR count). The van der Waals surface area contributed by atoms with Gasteiger partial charge in [-0.05, 0) is 18.2 Å². The van der Waals surface area contributed by atoms with Crippen LogP contribution in [0.25, 0.3) is 6.08 Å². The van der Waals surface area contributed by atoms with Crippen LogP contribution in [0, 0.1) is 10.8 Å². The minimum absolute atomic E-state index is 0.200. The Hall–Kier alpha value is -0.990. The van der Waals surface area contributed by atoms with Crippen molar-refractivity contribution in [3.05, 3.63) is 40.0 Å². The zero-order valence-electron chi connectivity index (χ0n) is 10.1. The van der Waals surface area contributed by atoms with Crippen molar-refractivity contribution in [2.75, 3.05) is 0 Å². The number of amidine groups is 1. The summed E-state index contributed by atoms with van der Waals surface area (Å²) in [6, 6.07) is 5.36. The molecule has 0 atom stereocenters. The maximum absolute atomic E-state index is 7.78. The molecule has 0 aromatic heterocycles. The Morgan fingerprint density at radius 2 is 1.76 bits per heavy atom. The molecule has 0 fully saturated rings. The average molecular weight is 271 g/mol. The van der Waals surface area contributed by atoms with Gasteiger partial charge in [0.15, 0.2) is 0 Å². The summed E-state index contributed by atoms with van der Waals surface area (Å²) in [5.41, 5.74) is 0.555. The topological polar surface area (TPSA) is 35.9 Å². The molecular weight excluding hydrogens is 255 g/mol. The Bertz CT molecular complexity index is 425. The Kier molecular flexibility index (Phi) is 4.61. The molecular formula is C13H16Cl2N2. The molecule has 4 heteroatoms. The molecule has 0 aliphatic rings. The van der Waals surface area contributed by atoms with Crippen molar-refractivity contribution in [2.45, 2.75) is 20.8 Å². The lowest BCUT2D eigenvalue weighted by Crippen LogP contribution is -2.30.